The first kappa shape index (κ1) is 23.6. The van der Waals surface area contributed by atoms with E-state index in [1.807, 2.05) is 0 Å². The van der Waals surface area contributed by atoms with E-state index in [1.165, 1.54) is 18.3 Å². The number of halogens is 3. The van der Waals surface area contributed by atoms with E-state index in [0.29, 0.717) is 42.3 Å². The van der Waals surface area contributed by atoms with Gasteiger partial charge in [-0.15, -0.1) is 0 Å². The smallest absolute Gasteiger partial charge is 0.396 e. The zero-order valence-electron chi connectivity index (χ0n) is 18.9. The molecule has 1 unspecified atom stereocenters. The maximum atomic E-state index is 12.8. The van der Waals surface area contributed by atoms with Gasteiger partial charge in [0.15, 0.2) is 5.82 Å². The number of nitrogens with two attached hydrogens (primary N) is 1. The number of aromatic nitrogens is 2. The summed E-state index contributed by atoms with van der Waals surface area (Å²) in [5.74, 6) is 0.691. The average Bonchev–Trinajstić information content (AvgIpc) is 3.13. The summed E-state index contributed by atoms with van der Waals surface area (Å²) >= 11 is 0. The third-order valence-electron chi connectivity index (χ3n) is 7.89. The number of nitrogens with zero attached hydrogens (tertiary/aromatic N) is 4. The number of anilines is 2. The van der Waals surface area contributed by atoms with Crippen molar-refractivity contribution in [1.82, 2.24) is 14.7 Å². The minimum absolute atomic E-state index is 0.110. The molecule has 0 radical (unpaired) electrons. The summed E-state index contributed by atoms with van der Waals surface area (Å²) in [6.07, 6.45) is -0.643. The van der Waals surface area contributed by atoms with Crippen molar-refractivity contribution in [2.75, 3.05) is 25.0 Å². The summed E-state index contributed by atoms with van der Waals surface area (Å²) in [6.45, 7) is 2.19. The first-order chi connectivity index (χ1) is 16.7. The lowest BCUT2D eigenvalue weighted by Gasteiger charge is -2.38. The van der Waals surface area contributed by atoms with Gasteiger partial charge in [0.05, 0.1) is 23.6 Å². The summed E-state index contributed by atoms with van der Waals surface area (Å²) in [7, 11) is 0. The molecule has 2 saturated carbocycles. The first-order valence-corrected chi connectivity index (χ1v) is 11.8. The molecule has 11 heteroatoms. The van der Waals surface area contributed by atoms with Gasteiger partial charge in [-0.3, -0.25) is 14.4 Å². The number of benzene rings is 1. The number of rotatable bonds is 6. The molecule has 1 aromatic heterocycles. The maximum absolute atomic E-state index is 12.8. The predicted octanol–water partition coefficient (Wildman–Crippen LogP) is 3.15. The maximum Gasteiger partial charge on any atom is 0.416 e. The van der Waals surface area contributed by atoms with Gasteiger partial charge in [0.25, 0.3) is 5.91 Å². The summed E-state index contributed by atoms with van der Waals surface area (Å²) in [6, 6.07) is 6.89. The zero-order valence-corrected chi connectivity index (χ0v) is 18.9. The molecule has 4 N–H and O–H groups in total. The number of nitriles is 1. The van der Waals surface area contributed by atoms with Crippen LogP contribution in [0.2, 0.25) is 0 Å². The molecule has 2 aliphatic carbocycles. The number of fused-ring (bicyclic) bond motifs is 1. The van der Waals surface area contributed by atoms with Crippen molar-refractivity contribution in [3.8, 4) is 6.07 Å². The quantitative estimate of drug-likeness (QED) is 0.575. The largest absolute Gasteiger partial charge is 0.416 e. The highest BCUT2D eigenvalue weighted by Crippen LogP contribution is 2.53. The molecular weight excluding hydrogens is 461 g/mol. The molecule has 1 aliphatic heterocycles. The second kappa shape index (κ2) is 8.84. The topological polar surface area (TPSA) is 120 Å². The van der Waals surface area contributed by atoms with Crippen LogP contribution in [0.4, 0.5) is 24.7 Å². The number of likely N-dealkylation sites (tertiary alicyclic amines) is 1. The Bertz CT molecular complexity index is 1130. The van der Waals surface area contributed by atoms with Crippen LogP contribution in [0.15, 0.2) is 30.5 Å². The van der Waals surface area contributed by atoms with E-state index in [2.05, 4.69) is 21.4 Å². The van der Waals surface area contributed by atoms with E-state index >= 15 is 0 Å². The van der Waals surface area contributed by atoms with Gasteiger partial charge in [0.2, 0.25) is 0 Å². The van der Waals surface area contributed by atoms with Crippen molar-refractivity contribution in [2.24, 2.45) is 29.4 Å². The Morgan fingerprint density at radius 1 is 1.23 bits per heavy atom. The fraction of sp³-hybridized carbons (Fsp3) is 0.542. The van der Waals surface area contributed by atoms with E-state index in [0.717, 1.165) is 31.6 Å². The molecule has 2 aromatic rings. The molecular formula is C24H27F3N6O2. The van der Waals surface area contributed by atoms with Crippen LogP contribution >= 0.6 is 0 Å². The Hall–Kier alpha value is -3.10. The Balaban J connectivity index is 1.30. The number of amides is 1. The standard InChI is InChI=1S/C24H27F3N6O2/c25-24(26,27)14-1-3-15(4-2-14)30-23-19(22(29)35)11-33(31-23)21-6-5-16(7-13(21)8-28)32-9-17-18(10-32)20(17)12-34/h1-4,11,13,16-18,20-21,34H,5-7,9-10,12H2,(H2,29,35)(H,30,31)/t13-,16+,17-,18+,20?,21+/m1/s1. The fourth-order valence-electron chi connectivity index (χ4n) is 5.88. The number of nitrogens with one attached hydrogen (secondary N) is 1. The predicted molar refractivity (Wildman–Crippen MR) is 120 cm³/mol. The lowest BCUT2D eigenvalue weighted by molar-refractivity contribution is -0.137. The second-order valence-corrected chi connectivity index (χ2v) is 9.83. The van der Waals surface area contributed by atoms with Gasteiger partial charge in [-0.25, -0.2) is 0 Å². The zero-order chi connectivity index (χ0) is 24.9. The van der Waals surface area contributed by atoms with Crippen molar-refractivity contribution in [1.29, 1.82) is 5.26 Å². The van der Waals surface area contributed by atoms with Gasteiger partial charge >= 0.3 is 6.18 Å². The third-order valence-corrected chi connectivity index (χ3v) is 7.89. The highest BCUT2D eigenvalue weighted by atomic mass is 19.4. The number of hydrogen-bond donors (Lipinski definition) is 3. The molecule has 0 bridgehead atoms. The molecule has 8 nitrogen and oxygen atoms in total. The van der Waals surface area contributed by atoms with Crippen LogP contribution in [-0.2, 0) is 6.18 Å². The number of aliphatic hydroxyl groups excluding tert-OH is 1. The van der Waals surface area contributed by atoms with Crippen LogP contribution < -0.4 is 11.1 Å². The molecule has 186 valence electrons. The van der Waals surface area contributed by atoms with E-state index < -0.39 is 17.6 Å². The summed E-state index contributed by atoms with van der Waals surface area (Å²) in [4.78, 5) is 14.5. The number of hydrogen-bond acceptors (Lipinski definition) is 6. The van der Waals surface area contributed by atoms with E-state index in [9.17, 15) is 28.3 Å². The van der Waals surface area contributed by atoms with Gasteiger partial charge in [-0.05, 0) is 61.3 Å². The van der Waals surface area contributed by atoms with E-state index in [1.54, 1.807) is 4.68 Å². The van der Waals surface area contributed by atoms with Crippen molar-refractivity contribution in [3.63, 3.8) is 0 Å². The van der Waals surface area contributed by atoms with Crippen LogP contribution in [-0.4, -0.2) is 51.4 Å². The fourth-order valence-corrected chi connectivity index (χ4v) is 5.88. The molecule has 0 spiro atoms. The highest BCUT2D eigenvalue weighted by molar-refractivity contribution is 5.98. The van der Waals surface area contributed by atoms with Crippen molar-refractivity contribution in [2.45, 2.75) is 37.5 Å². The Labute approximate surface area is 200 Å². The minimum Gasteiger partial charge on any atom is -0.396 e. The molecule has 5 rings (SSSR count). The molecule has 1 amide bonds. The van der Waals surface area contributed by atoms with Crippen LogP contribution in [0.25, 0.3) is 0 Å². The minimum atomic E-state index is -4.44. The summed E-state index contributed by atoms with van der Waals surface area (Å²) in [5, 5.41) is 26.6. The molecule has 1 saturated heterocycles. The average molecular weight is 489 g/mol. The number of primary amides is 1. The van der Waals surface area contributed by atoms with Crippen molar-refractivity contribution in [3.05, 3.63) is 41.6 Å². The monoisotopic (exact) mass is 488 g/mol. The van der Waals surface area contributed by atoms with E-state index in [4.69, 9.17) is 5.73 Å². The number of aliphatic hydroxyl groups is 1. The Morgan fingerprint density at radius 2 is 1.91 bits per heavy atom. The Morgan fingerprint density at radius 3 is 2.49 bits per heavy atom. The first-order valence-electron chi connectivity index (χ1n) is 11.8. The van der Waals surface area contributed by atoms with Gasteiger partial charge in [-0.2, -0.15) is 23.5 Å². The van der Waals surface area contributed by atoms with Crippen molar-refractivity contribution >= 4 is 17.4 Å². The van der Waals surface area contributed by atoms with Crippen LogP contribution in [0, 0.1) is 35.0 Å². The molecule has 1 aromatic carbocycles. The molecule has 3 fully saturated rings. The second-order valence-electron chi connectivity index (χ2n) is 9.83. The number of piperidine rings is 1. The molecule has 6 atom stereocenters. The third kappa shape index (κ3) is 4.48. The number of carbonyl (C=O) groups is 1. The van der Waals surface area contributed by atoms with Crippen LogP contribution in [0.5, 0.6) is 0 Å². The number of alkyl halides is 3. The lowest BCUT2D eigenvalue weighted by Crippen LogP contribution is -2.42. The van der Waals surface area contributed by atoms with Crippen LogP contribution in [0.3, 0.4) is 0 Å². The van der Waals surface area contributed by atoms with Crippen LogP contribution in [0.1, 0.15) is 41.2 Å². The normalized spacial score (nSPS) is 30.5. The lowest BCUT2D eigenvalue weighted by atomic mass is 9.81. The Kier molecular flexibility index (Phi) is 5.97. The van der Waals surface area contributed by atoms with Crippen molar-refractivity contribution < 1.29 is 23.1 Å². The SMILES string of the molecule is N#C[C@H]1C[C@@H](N2C[C@@H]3C(CO)[C@@H]3C2)CC[C@@H]1n1cc(C(N)=O)c(Nc2ccc(C(F)(F)F)cc2)n1. The van der Waals surface area contributed by atoms with Gasteiger partial charge < -0.3 is 16.2 Å². The summed E-state index contributed by atoms with van der Waals surface area (Å²) < 4.78 is 40.1. The van der Waals surface area contributed by atoms with E-state index in [-0.39, 0.29) is 29.9 Å². The van der Waals surface area contributed by atoms with Gasteiger partial charge in [0.1, 0.15) is 5.56 Å². The molecule has 2 heterocycles. The molecule has 3 aliphatic rings. The number of carbonyl (C=O) groups excluding carboxylic acids is 1. The summed E-state index contributed by atoms with van der Waals surface area (Å²) in [5.41, 5.74) is 5.20. The highest BCUT2D eigenvalue weighted by Gasteiger charge is 2.56. The molecule has 35 heavy (non-hydrogen) atoms. The van der Waals surface area contributed by atoms with Gasteiger partial charge in [0, 0.05) is 37.6 Å². The van der Waals surface area contributed by atoms with Gasteiger partial charge in [-0.1, -0.05) is 0 Å².